The molecule has 108 valence electrons. The summed E-state index contributed by atoms with van der Waals surface area (Å²) in [5.41, 5.74) is 5.42. The highest BCUT2D eigenvalue weighted by Gasteiger charge is 2.20. The first kappa shape index (κ1) is 14.7. The quantitative estimate of drug-likeness (QED) is 0.645. The van der Waals surface area contributed by atoms with E-state index >= 15 is 0 Å². The third-order valence-electron chi connectivity index (χ3n) is 4.20. The van der Waals surface area contributed by atoms with Gasteiger partial charge in [0.2, 0.25) is 6.71 Å². The average Bonchev–Trinajstić information content (AvgIpc) is 2.57. The molecule has 0 aliphatic rings. The molecule has 0 amide bonds. The smallest absolute Gasteiger partial charge is 0.0687 e. The standard InChI is InChI=1S/C21H21B/c1-17(2)18-13-15-21(16-14-18)22(19-9-5-3-6-10-19)20-11-7-4-8-12-20/h3-17H,1-2H3. The molecule has 0 bridgehead atoms. The predicted molar refractivity (Wildman–Crippen MR) is 98.1 cm³/mol. The van der Waals surface area contributed by atoms with Crippen molar-refractivity contribution < 1.29 is 0 Å². The molecule has 3 rings (SSSR count). The minimum atomic E-state index is 0.295. The number of rotatable bonds is 4. The highest BCUT2D eigenvalue weighted by molar-refractivity contribution is 6.95. The van der Waals surface area contributed by atoms with Crippen molar-refractivity contribution in [1.29, 1.82) is 0 Å². The molecule has 22 heavy (non-hydrogen) atoms. The van der Waals surface area contributed by atoms with E-state index in [-0.39, 0.29) is 0 Å². The molecule has 0 nitrogen and oxygen atoms in total. The van der Waals surface area contributed by atoms with Gasteiger partial charge in [-0.1, -0.05) is 115 Å². The van der Waals surface area contributed by atoms with Gasteiger partial charge in [0.25, 0.3) is 0 Å². The lowest BCUT2D eigenvalue weighted by Crippen LogP contribution is -2.51. The van der Waals surface area contributed by atoms with Crippen molar-refractivity contribution >= 4 is 23.1 Å². The second-order valence-electron chi connectivity index (χ2n) is 6.08. The Morgan fingerprint density at radius 1 is 0.545 bits per heavy atom. The summed E-state index contributed by atoms with van der Waals surface area (Å²) in [5, 5.41) is 0. The van der Waals surface area contributed by atoms with Crippen molar-refractivity contribution in [3.63, 3.8) is 0 Å². The molecule has 0 radical (unpaired) electrons. The van der Waals surface area contributed by atoms with Gasteiger partial charge in [-0.05, 0) is 11.5 Å². The summed E-state index contributed by atoms with van der Waals surface area (Å²) in [5.74, 6) is 0.570. The van der Waals surface area contributed by atoms with Gasteiger partial charge in [-0.2, -0.15) is 0 Å². The molecule has 0 atom stereocenters. The van der Waals surface area contributed by atoms with Crippen molar-refractivity contribution in [2.45, 2.75) is 19.8 Å². The Hall–Kier alpha value is -2.28. The monoisotopic (exact) mass is 284 g/mol. The minimum absolute atomic E-state index is 0.295. The van der Waals surface area contributed by atoms with Crippen LogP contribution in [0.2, 0.25) is 0 Å². The summed E-state index contributed by atoms with van der Waals surface area (Å²) in [6, 6.07) is 30.6. The van der Waals surface area contributed by atoms with Crippen LogP contribution in [0, 0.1) is 0 Å². The van der Waals surface area contributed by atoms with Crippen molar-refractivity contribution in [3.05, 3.63) is 90.5 Å². The first-order chi connectivity index (χ1) is 10.8. The van der Waals surface area contributed by atoms with Crippen LogP contribution in [0.25, 0.3) is 0 Å². The van der Waals surface area contributed by atoms with E-state index in [9.17, 15) is 0 Å². The van der Waals surface area contributed by atoms with Crippen LogP contribution in [-0.2, 0) is 0 Å². The molecule has 0 aliphatic carbocycles. The maximum absolute atomic E-state index is 2.28. The number of benzene rings is 3. The zero-order valence-electron chi connectivity index (χ0n) is 13.2. The minimum Gasteiger partial charge on any atom is -0.0687 e. The summed E-state index contributed by atoms with van der Waals surface area (Å²) in [7, 11) is 0. The van der Waals surface area contributed by atoms with Crippen LogP contribution in [0.15, 0.2) is 84.9 Å². The first-order valence-electron chi connectivity index (χ1n) is 7.95. The largest absolute Gasteiger partial charge is 0.241 e. The normalized spacial score (nSPS) is 10.7. The molecule has 0 saturated heterocycles. The maximum Gasteiger partial charge on any atom is 0.241 e. The molecule has 0 saturated carbocycles. The lowest BCUT2D eigenvalue weighted by Gasteiger charge is -2.16. The first-order valence-corrected chi connectivity index (χ1v) is 7.95. The Morgan fingerprint density at radius 2 is 0.955 bits per heavy atom. The lowest BCUT2D eigenvalue weighted by atomic mass is 9.37. The fourth-order valence-electron chi connectivity index (χ4n) is 2.94. The molecule has 0 unspecified atom stereocenters. The highest BCUT2D eigenvalue weighted by Crippen LogP contribution is 2.12. The highest BCUT2D eigenvalue weighted by atomic mass is 14.0. The summed E-state index contributed by atoms with van der Waals surface area (Å²) in [6.07, 6.45) is 0. The molecule has 3 aromatic carbocycles. The maximum atomic E-state index is 2.28. The van der Waals surface area contributed by atoms with Crippen LogP contribution in [0.4, 0.5) is 0 Å². The average molecular weight is 284 g/mol. The van der Waals surface area contributed by atoms with Gasteiger partial charge in [-0.3, -0.25) is 0 Å². The Morgan fingerprint density at radius 3 is 1.36 bits per heavy atom. The topological polar surface area (TPSA) is 0 Å². The van der Waals surface area contributed by atoms with Crippen LogP contribution >= 0.6 is 0 Å². The lowest BCUT2D eigenvalue weighted by molar-refractivity contribution is 0.867. The van der Waals surface area contributed by atoms with Gasteiger partial charge < -0.3 is 0 Å². The predicted octanol–water partition coefficient (Wildman–Crippen LogP) is 3.33. The summed E-state index contributed by atoms with van der Waals surface area (Å²) in [6.45, 7) is 4.77. The van der Waals surface area contributed by atoms with E-state index in [4.69, 9.17) is 0 Å². The van der Waals surface area contributed by atoms with Gasteiger partial charge in [-0.25, -0.2) is 0 Å². The van der Waals surface area contributed by atoms with E-state index in [2.05, 4.69) is 98.8 Å². The molecular formula is C21H21B. The Bertz CT molecular complexity index is 660. The molecule has 3 aromatic rings. The fraction of sp³-hybridized carbons (Fsp3) is 0.143. The zero-order valence-corrected chi connectivity index (χ0v) is 13.2. The molecule has 0 aliphatic heterocycles. The molecular weight excluding hydrogens is 263 g/mol. The van der Waals surface area contributed by atoms with Crippen molar-refractivity contribution in [1.82, 2.24) is 0 Å². The van der Waals surface area contributed by atoms with Crippen LogP contribution in [-0.4, -0.2) is 6.71 Å². The summed E-state index contributed by atoms with van der Waals surface area (Å²) >= 11 is 0. The third-order valence-corrected chi connectivity index (χ3v) is 4.20. The SMILES string of the molecule is CC(C)c1ccc(B(c2ccccc2)c2ccccc2)cc1. The number of hydrogen-bond donors (Lipinski definition) is 0. The van der Waals surface area contributed by atoms with Gasteiger partial charge in [0.05, 0.1) is 0 Å². The second-order valence-corrected chi connectivity index (χ2v) is 6.08. The molecule has 0 fully saturated rings. The van der Waals surface area contributed by atoms with Crippen LogP contribution in [0.5, 0.6) is 0 Å². The Kier molecular flexibility index (Phi) is 4.43. The van der Waals surface area contributed by atoms with E-state index in [0.29, 0.717) is 12.6 Å². The fourth-order valence-corrected chi connectivity index (χ4v) is 2.94. The third kappa shape index (κ3) is 3.14. The molecule has 0 heterocycles. The van der Waals surface area contributed by atoms with Gasteiger partial charge in [-0.15, -0.1) is 0 Å². The van der Waals surface area contributed by atoms with E-state index in [1.54, 1.807) is 0 Å². The van der Waals surface area contributed by atoms with Crippen LogP contribution in [0.1, 0.15) is 25.3 Å². The Balaban J connectivity index is 2.06. The second kappa shape index (κ2) is 6.66. The molecule has 1 heteroatoms. The van der Waals surface area contributed by atoms with Gasteiger partial charge in [0, 0.05) is 0 Å². The van der Waals surface area contributed by atoms with E-state index in [1.807, 2.05) is 0 Å². The zero-order chi connectivity index (χ0) is 15.4. The van der Waals surface area contributed by atoms with Crippen molar-refractivity contribution in [3.8, 4) is 0 Å². The Labute approximate surface area is 133 Å². The summed E-state index contributed by atoms with van der Waals surface area (Å²) in [4.78, 5) is 0. The van der Waals surface area contributed by atoms with Gasteiger partial charge in [0.1, 0.15) is 0 Å². The van der Waals surface area contributed by atoms with Crippen molar-refractivity contribution in [2.75, 3.05) is 0 Å². The van der Waals surface area contributed by atoms with Gasteiger partial charge in [0.15, 0.2) is 0 Å². The van der Waals surface area contributed by atoms with E-state index in [0.717, 1.165) is 0 Å². The summed E-state index contributed by atoms with van der Waals surface area (Å²) < 4.78 is 0. The molecule has 0 aromatic heterocycles. The molecule has 0 spiro atoms. The van der Waals surface area contributed by atoms with Crippen molar-refractivity contribution in [2.24, 2.45) is 0 Å². The van der Waals surface area contributed by atoms with Gasteiger partial charge >= 0.3 is 0 Å². The molecule has 0 N–H and O–H groups in total. The van der Waals surface area contributed by atoms with Crippen LogP contribution in [0.3, 0.4) is 0 Å². The number of hydrogen-bond acceptors (Lipinski definition) is 0. The van der Waals surface area contributed by atoms with E-state index < -0.39 is 0 Å². The van der Waals surface area contributed by atoms with Crippen LogP contribution < -0.4 is 16.4 Å². The van der Waals surface area contributed by atoms with E-state index in [1.165, 1.54) is 22.0 Å².